The van der Waals surface area contributed by atoms with Crippen LogP contribution >= 0.6 is 23.4 Å². The van der Waals surface area contributed by atoms with E-state index in [1.165, 1.54) is 0 Å². The molecule has 0 aromatic carbocycles. The third-order valence-electron chi connectivity index (χ3n) is 2.17. The quantitative estimate of drug-likeness (QED) is 0.764. The molecule has 0 aliphatic heterocycles. The largest absolute Gasteiger partial charge is 0.468 e. The van der Waals surface area contributed by atoms with E-state index in [9.17, 15) is 0 Å². The Kier molecular flexibility index (Phi) is 3.21. The van der Waals surface area contributed by atoms with Crippen molar-refractivity contribution in [3.63, 3.8) is 0 Å². The van der Waals surface area contributed by atoms with Gasteiger partial charge in [-0.3, -0.25) is 0 Å². The van der Waals surface area contributed by atoms with Gasteiger partial charge >= 0.3 is 0 Å². The van der Waals surface area contributed by atoms with Crippen LogP contribution in [0.5, 0.6) is 0 Å². The van der Waals surface area contributed by atoms with Crippen molar-refractivity contribution >= 4 is 23.4 Å². The molecule has 0 atom stereocenters. The number of halogens is 1. The SMILES string of the molecule is Cc1nc(Cl)c(C)c(Sc2ccoc2C)n1. The smallest absolute Gasteiger partial charge is 0.136 e. The van der Waals surface area contributed by atoms with Gasteiger partial charge in [-0.1, -0.05) is 23.4 Å². The van der Waals surface area contributed by atoms with E-state index in [1.54, 1.807) is 18.0 Å². The van der Waals surface area contributed by atoms with Crippen LogP contribution in [0.15, 0.2) is 26.7 Å². The molecule has 2 heterocycles. The minimum atomic E-state index is 0.510. The Bertz CT molecular complexity index is 525. The van der Waals surface area contributed by atoms with E-state index in [1.807, 2.05) is 26.8 Å². The van der Waals surface area contributed by atoms with Crippen LogP contribution in [0.1, 0.15) is 17.1 Å². The molecule has 0 radical (unpaired) electrons. The van der Waals surface area contributed by atoms with Crippen LogP contribution < -0.4 is 0 Å². The lowest BCUT2D eigenvalue weighted by Crippen LogP contribution is -1.95. The molecule has 0 amide bonds. The van der Waals surface area contributed by atoms with E-state index in [2.05, 4.69) is 9.97 Å². The molecular formula is C11H11ClN2OS. The second-order valence-corrected chi connectivity index (χ2v) is 4.82. The second kappa shape index (κ2) is 4.47. The predicted octanol–water partition coefficient (Wildman–Crippen LogP) is 3.80. The summed E-state index contributed by atoms with van der Waals surface area (Å²) in [4.78, 5) is 9.53. The van der Waals surface area contributed by atoms with Gasteiger partial charge in [-0.25, -0.2) is 9.97 Å². The van der Waals surface area contributed by atoms with Crippen molar-refractivity contribution in [1.82, 2.24) is 9.97 Å². The average Bonchev–Trinajstić information content (AvgIpc) is 2.60. The van der Waals surface area contributed by atoms with E-state index in [-0.39, 0.29) is 0 Å². The summed E-state index contributed by atoms with van der Waals surface area (Å²) in [6, 6.07) is 1.92. The van der Waals surface area contributed by atoms with Gasteiger partial charge in [0.25, 0.3) is 0 Å². The van der Waals surface area contributed by atoms with Gasteiger partial charge in [-0.15, -0.1) is 0 Å². The molecule has 2 rings (SSSR count). The van der Waals surface area contributed by atoms with Crippen molar-refractivity contribution in [2.75, 3.05) is 0 Å². The molecule has 0 aliphatic carbocycles. The van der Waals surface area contributed by atoms with Crippen molar-refractivity contribution in [3.8, 4) is 0 Å². The maximum Gasteiger partial charge on any atom is 0.136 e. The van der Waals surface area contributed by atoms with Gasteiger partial charge in [0.1, 0.15) is 21.8 Å². The minimum absolute atomic E-state index is 0.510. The van der Waals surface area contributed by atoms with Gasteiger partial charge in [-0.05, 0) is 26.8 Å². The van der Waals surface area contributed by atoms with Crippen LogP contribution in [0.2, 0.25) is 5.15 Å². The van der Waals surface area contributed by atoms with Gasteiger partial charge in [0.2, 0.25) is 0 Å². The fourth-order valence-electron chi connectivity index (χ4n) is 1.25. The molecule has 2 aromatic rings. The van der Waals surface area contributed by atoms with Crippen LogP contribution in [-0.4, -0.2) is 9.97 Å². The first-order valence-corrected chi connectivity index (χ1v) is 6.00. The Balaban J connectivity index is 2.38. The van der Waals surface area contributed by atoms with Crippen molar-refractivity contribution in [3.05, 3.63) is 34.6 Å². The number of hydrogen-bond acceptors (Lipinski definition) is 4. The highest BCUT2D eigenvalue weighted by atomic mass is 35.5. The first-order valence-electron chi connectivity index (χ1n) is 4.80. The van der Waals surface area contributed by atoms with Crippen LogP contribution in [0, 0.1) is 20.8 Å². The number of aromatic nitrogens is 2. The molecular weight excluding hydrogens is 244 g/mol. The van der Waals surface area contributed by atoms with Crippen LogP contribution in [0.4, 0.5) is 0 Å². The zero-order valence-electron chi connectivity index (χ0n) is 9.24. The molecule has 0 unspecified atom stereocenters. The third-order valence-corrected chi connectivity index (χ3v) is 3.77. The Labute approximate surface area is 103 Å². The molecule has 0 aliphatic rings. The summed E-state index contributed by atoms with van der Waals surface area (Å²) in [5, 5.41) is 1.39. The Morgan fingerprint density at radius 3 is 2.62 bits per heavy atom. The maximum atomic E-state index is 6.01. The molecule has 2 aromatic heterocycles. The Morgan fingerprint density at radius 2 is 2.00 bits per heavy atom. The highest BCUT2D eigenvalue weighted by Gasteiger charge is 2.11. The topological polar surface area (TPSA) is 38.9 Å². The summed E-state index contributed by atoms with van der Waals surface area (Å²) < 4.78 is 5.24. The number of hydrogen-bond donors (Lipinski definition) is 0. The van der Waals surface area contributed by atoms with E-state index in [0.29, 0.717) is 11.0 Å². The molecule has 84 valence electrons. The zero-order valence-corrected chi connectivity index (χ0v) is 10.8. The third kappa shape index (κ3) is 2.23. The fourth-order valence-corrected chi connectivity index (χ4v) is 2.47. The summed E-state index contributed by atoms with van der Waals surface area (Å²) >= 11 is 7.56. The van der Waals surface area contributed by atoms with Crippen LogP contribution in [0.3, 0.4) is 0 Å². The number of nitrogens with zero attached hydrogens (tertiary/aromatic N) is 2. The lowest BCUT2D eigenvalue weighted by molar-refractivity contribution is 0.527. The molecule has 5 heteroatoms. The van der Waals surface area contributed by atoms with Crippen LogP contribution in [0.25, 0.3) is 0 Å². The second-order valence-electron chi connectivity index (χ2n) is 3.43. The molecule has 0 bridgehead atoms. The van der Waals surface area contributed by atoms with Crippen molar-refractivity contribution in [2.45, 2.75) is 30.7 Å². The highest BCUT2D eigenvalue weighted by Crippen LogP contribution is 2.33. The van der Waals surface area contributed by atoms with E-state index >= 15 is 0 Å². The summed E-state index contributed by atoms with van der Waals surface area (Å²) in [7, 11) is 0. The van der Waals surface area contributed by atoms with E-state index in [0.717, 1.165) is 21.2 Å². The average molecular weight is 255 g/mol. The van der Waals surface area contributed by atoms with Gasteiger partial charge in [-0.2, -0.15) is 0 Å². The van der Waals surface area contributed by atoms with Gasteiger partial charge in [0.05, 0.1) is 11.2 Å². The molecule has 3 nitrogen and oxygen atoms in total. The fraction of sp³-hybridized carbons (Fsp3) is 0.273. The van der Waals surface area contributed by atoms with Crippen molar-refractivity contribution in [2.24, 2.45) is 0 Å². The van der Waals surface area contributed by atoms with Crippen molar-refractivity contribution in [1.29, 1.82) is 0 Å². The maximum absolute atomic E-state index is 6.01. The van der Waals surface area contributed by atoms with E-state index < -0.39 is 0 Å². The molecule has 0 spiro atoms. The van der Waals surface area contributed by atoms with Crippen molar-refractivity contribution < 1.29 is 4.42 Å². The normalized spacial score (nSPS) is 10.8. The Hall–Kier alpha value is -1.00. The molecule has 0 saturated heterocycles. The minimum Gasteiger partial charge on any atom is -0.468 e. The summed E-state index contributed by atoms with van der Waals surface area (Å²) in [5.41, 5.74) is 0.901. The predicted molar refractivity (Wildman–Crippen MR) is 64.1 cm³/mol. The lowest BCUT2D eigenvalue weighted by atomic mass is 10.4. The molecule has 0 N–H and O–H groups in total. The number of aryl methyl sites for hydroxylation is 2. The van der Waals surface area contributed by atoms with Crippen LogP contribution in [-0.2, 0) is 0 Å². The molecule has 0 saturated carbocycles. The first kappa shape index (κ1) is 11.5. The Morgan fingerprint density at radius 1 is 1.25 bits per heavy atom. The zero-order chi connectivity index (χ0) is 11.7. The molecule has 16 heavy (non-hydrogen) atoms. The summed E-state index contributed by atoms with van der Waals surface area (Å²) in [5.74, 6) is 1.57. The van der Waals surface area contributed by atoms with Gasteiger partial charge in [0.15, 0.2) is 0 Å². The number of rotatable bonds is 2. The monoisotopic (exact) mass is 254 g/mol. The highest BCUT2D eigenvalue weighted by molar-refractivity contribution is 7.99. The number of furan rings is 1. The summed E-state index contributed by atoms with van der Waals surface area (Å²) in [6.45, 7) is 5.67. The van der Waals surface area contributed by atoms with Gasteiger partial charge in [0, 0.05) is 5.56 Å². The van der Waals surface area contributed by atoms with E-state index in [4.69, 9.17) is 16.0 Å². The standard InChI is InChI=1S/C11H11ClN2OS/c1-6-10(12)13-8(3)14-11(6)16-9-4-5-15-7(9)2/h4-5H,1-3H3. The first-order chi connectivity index (χ1) is 7.58. The lowest BCUT2D eigenvalue weighted by Gasteiger charge is -2.05. The van der Waals surface area contributed by atoms with Gasteiger partial charge < -0.3 is 4.42 Å². The molecule has 0 fully saturated rings. The summed E-state index contributed by atoms with van der Waals surface area (Å²) in [6.07, 6.45) is 1.67.